The predicted molar refractivity (Wildman–Crippen MR) is 89.3 cm³/mol. The second-order valence-electron chi connectivity index (χ2n) is 6.05. The second kappa shape index (κ2) is 6.86. The van der Waals surface area contributed by atoms with Crippen molar-refractivity contribution in [3.05, 3.63) is 42.2 Å². The van der Waals surface area contributed by atoms with Crippen LogP contribution in [0.5, 0.6) is 5.75 Å². The molecule has 4 nitrogen and oxygen atoms in total. The van der Waals surface area contributed by atoms with Gasteiger partial charge in [0.2, 0.25) is 0 Å². The molecule has 1 unspecified atom stereocenters. The van der Waals surface area contributed by atoms with Crippen molar-refractivity contribution in [2.24, 2.45) is 0 Å². The van der Waals surface area contributed by atoms with E-state index in [9.17, 15) is 0 Å². The fourth-order valence-corrected chi connectivity index (χ4v) is 2.97. The van der Waals surface area contributed by atoms with Crippen molar-refractivity contribution >= 4 is 5.69 Å². The molecule has 2 aromatic rings. The Kier molecular flexibility index (Phi) is 4.66. The molecule has 1 N–H and O–H groups in total. The molecule has 4 heteroatoms. The largest absolute Gasteiger partial charge is 0.490 e. The van der Waals surface area contributed by atoms with Crippen LogP contribution < -0.4 is 10.1 Å². The number of rotatable bonds is 6. The smallest absolute Gasteiger partial charge is 0.121 e. The summed E-state index contributed by atoms with van der Waals surface area (Å²) in [5, 5.41) is 7.86. The highest BCUT2D eigenvalue weighted by Gasteiger charge is 2.16. The zero-order valence-corrected chi connectivity index (χ0v) is 13.5. The van der Waals surface area contributed by atoms with Gasteiger partial charge in [0.05, 0.1) is 18.3 Å². The fourth-order valence-electron chi connectivity index (χ4n) is 2.97. The molecular formula is C18H25N3O. The highest BCUT2D eigenvalue weighted by molar-refractivity contribution is 5.49. The van der Waals surface area contributed by atoms with Crippen molar-refractivity contribution in [1.29, 1.82) is 0 Å². The number of benzene rings is 1. The molecule has 22 heavy (non-hydrogen) atoms. The highest BCUT2D eigenvalue weighted by atomic mass is 16.5. The average Bonchev–Trinajstić information content (AvgIpc) is 3.18. The molecule has 1 aromatic carbocycles. The second-order valence-corrected chi connectivity index (χ2v) is 6.05. The molecule has 1 atom stereocenters. The Bertz CT molecular complexity index is 602. The maximum atomic E-state index is 6.07. The Labute approximate surface area is 132 Å². The van der Waals surface area contributed by atoms with E-state index in [4.69, 9.17) is 4.74 Å². The topological polar surface area (TPSA) is 39.1 Å². The van der Waals surface area contributed by atoms with Crippen molar-refractivity contribution in [1.82, 2.24) is 9.78 Å². The van der Waals surface area contributed by atoms with Crippen LogP contribution in [0.25, 0.3) is 0 Å². The number of ether oxygens (including phenoxy) is 1. The van der Waals surface area contributed by atoms with Crippen LogP contribution in [0.2, 0.25) is 0 Å². The third kappa shape index (κ3) is 3.62. The van der Waals surface area contributed by atoms with Gasteiger partial charge in [-0.05, 0) is 51.7 Å². The summed E-state index contributed by atoms with van der Waals surface area (Å²) in [5.41, 5.74) is 2.29. The van der Waals surface area contributed by atoms with E-state index in [1.54, 1.807) is 0 Å². The zero-order valence-electron chi connectivity index (χ0n) is 13.5. The summed E-state index contributed by atoms with van der Waals surface area (Å²) in [4.78, 5) is 0. The standard InChI is InChI=1S/C18H25N3O/c1-3-21-13-15(12-19-21)14(2)20-16-7-6-10-18(11-16)22-17-8-4-5-9-17/h6-7,10-14,17,20H,3-5,8-9H2,1-2H3. The quantitative estimate of drug-likeness (QED) is 0.859. The monoisotopic (exact) mass is 299 g/mol. The van der Waals surface area contributed by atoms with E-state index in [0.717, 1.165) is 18.0 Å². The lowest BCUT2D eigenvalue weighted by atomic mass is 10.2. The third-order valence-corrected chi connectivity index (χ3v) is 4.30. The van der Waals surface area contributed by atoms with E-state index in [0.29, 0.717) is 6.10 Å². The van der Waals surface area contributed by atoms with Crippen molar-refractivity contribution in [3.8, 4) is 5.75 Å². The first kappa shape index (κ1) is 14.9. The Morgan fingerprint density at radius 2 is 2.18 bits per heavy atom. The van der Waals surface area contributed by atoms with E-state index in [2.05, 4.69) is 48.7 Å². The van der Waals surface area contributed by atoms with Gasteiger partial charge in [-0.15, -0.1) is 0 Å². The molecule has 118 valence electrons. The van der Waals surface area contributed by atoms with Gasteiger partial charge in [-0.1, -0.05) is 6.07 Å². The molecule has 0 aliphatic heterocycles. The van der Waals surface area contributed by atoms with Gasteiger partial charge < -0.3 is 10.1 Å². The summed E-state index contributed by atoms with van der Waals surface area (Å²) in [7, 11) is 0. The summed E-state index contributed by atoms with van der Waals surface area (Å²) < 4.78 is 8.02. The van der Waals surface area contributed by atoms with E-state index >= 15 is 0 Å². The molecule has 1 aromatic heterocycles. The number of aryl methyl sites for hydroxylation is 1. The van der Waals surface area contributed by atoms with Gasteiger partial charge in [0.15, 0.2) is 0 Å². The van der Waals surface area contributed by atoms with Crippen molar-refractivity contribution in [2.45, 2.75) is 58.2 Å². The van der Waals surface area contributed by atoms with Gasteiger partial charge in [0, 0.05) is 30.1 Å². The Morgan fingerprint density at radius 3 is 2.91 bits per heavy atom. The summed E-state index contributed by atoms with van der Waals surface area (Å²) in [6.07, 6.45) is 9.38. The van der Waals surface area contributed by atoms with Crippen molar-refractivity contribution < 1.29 is 4.74 Å². The summed E-state index contributed by atoms with van der Waals surface area (Å²) >= 11 is 0. The lowest BCUT2D eigenvalue weighted by molar-refractivity contribution is 0.210. The van der Waals surface area contributed by atoms with Crippen LogP contribution in [0, 0.1) is 0 Å². The molecule has 0 spiro atoms. The van der Waals surface area contributed by atoms with Crippen molar-refractivity contribution in [2.75, 3.05) is 5.32 Å². The number of hydrogen-bond acceptors (Lipinski definition) is 3. The van der Waals surface area contributed by atoms with Crippen molar-refractivity contribution in [3.63, 3.8) is 0 Å². The Morgan fingerprint density at radius 1 is 1.36 bits per heavy atom. The number of aromatic nitrogens is 2. The highest BCUT2D eigenvalue weighted by Crippen LogP contribution is 2.27. The van der Waals surface area contributed by atoms with Crippen LogP contribution in [-0.2, 0) is 6.54 Å². The molecule has 1 aliphatic carbocycles. The van der Waals surface area contributed by atoms with Crippen LogP contribution >= 0.6 is 0 Å². The van der Waals surface area contributed by atoms with Gasteiger partial charge in [-0.25, -0.2) is 0 Å². The maximum absolute atomic E-state index is 6.07. The molecule has 0 saturated heterocycles. The summed E-state index contributed by atoms with van der Waals surface area (Å²) in [6, 6.07) is 8.50. The van der Waals surface area contributed by atoms with Crippen LogP contribution in [0.4, 0.5) is 5.69 Å². The fraction of sp³-hybridized carbons (Fsp3) is 0.500. The summed E-state index contributed by atoms with van der Waals surface area (Å²) in [5.74, 6) is 0.966. The number of anilines is 1. The first-order valence-corrected chi connectivity index (χ1v) is 8.30. The van der Waals surface area contributed by atoms with Crippen LogP contribution in [0.15, 0.2) is 36.7 Å². The third-order valence-electron chi connectivity index (χ3n) is 4.30. The first-order valence-electron chi connectivity index (χ1n) is 8.30. The Hall–Kier alpha value is -1.97. The average molecular weight is 299 g/mol. The van der Waals surface area contributed by atoms with Crippen LogP contribution in [0.1, 0.15) is 51.1 Å². The minimum atomic E-state index is 0.224. The van der Waals surface area contributed by atoms with Gasteiger partial charge in [0.1, 0.15) is 5.75 Å². The predicted octanol–water partition coefficient (Wildman–Crippen LogP) is 4.40. The molecule has 0 amide bonds. The molecule has 1 aliphatic rings. The van der Waals surface area contributed by atoms with Gasteiger partial charge in [-0.3, -0.25) is 4.68 Å². The van der Waals surface area contributed by atoms with Crippen LogP contribution in [-0.4, -0.2) is 15.9 Å². The maximum Gasteiger partial charge on any atom is 0.121 e. The Balaban J connectivity index is 1.63. The van der Waals surface area contributed by atoms with Gasteiger partial charge in [0.25, 0.3) is 0 Å². The van der Waals surface area contributed by atoms with E-state index < -0.39 is 0 Å². The normalized spacial score (nSPS) is 16.6. The molecule has 0 radical (unpaired) electrons. The molecule has 3 rings (SSSR count). The van der Waals surface area contributed by atoms with E-state index in [-0.39, 0.29) is 6.04 Å². The molecule has 0 bridgehead atoms. The van der Waals surface area contributed by atoms with Gasteiger partial charge in [-0.2, -0.15) is 5.10 Å². The van der Waals surface area contributed by atoms with E-state index in [1.807, 2.05) is 16.9 Å². The van der Waals surface area contributed by atoms with Gasteiger partial charge >= 0.3 is 0 Å². The molecule has 1 heterocycles. The zero-order chi connectivity index (χ0) is 15.4. The molecule has 1 saturated carbocycles. The number of nitrogens with one attached hydrogen (secondary N) is 1. The van der Waals surface area contributed by atoms with E-state index in [1.165, 1.54) is 31.2 Å². The SMILES string of the molecule is CCn1cc(C(C)Nc2cccc(OC3CCCC3)c2)cn1. The number of hydrogen-bond donors (Lipinski definition) is 1. The molecule has 1 fully saturated rings. The lowest BCUT2D eigenvalue weighted by Crippen LogP contribution is -2.11. The first-order chi connectivity index (χ1) is 10.7. The number of nitrogens with zero attached hydrogens (tertiary/aromatic N) is 2. The molecular weight excluding hydrogens is 274 g/mol. The van der Waals surface area contributed by atoms with Crippen LogP contribution in [0.3, 0.4) is 0 Å². The lowest BCUT2D eigenvalue weighted by Gasteiger charge is -2.17. The minimum Gasteiger partial charge on any atom is -0.490 e. The summed E-state index contributed by atoms with van der Waals surface area (Å²) in [6.45, 7) is 5.15. The minimum absolute atomic E-state index is 0.224.